The Kier molecular flexibility index (Phi) is 5.81. The first-order chi connectivity index (χ1) is 11.2. The first-order valence-corrected chi connectivity index (χ1v) is 9.64. The van der Waals surface area contributed by atoms with Crippen LogP contribution in [0.3, 0.4) is 0 Å². The lowest BCUT2D eigenvalue weighted by atomic mass is 9.99. The van der Waals surface area contributed by atoms with Gasteiger partial charge in [-0.2, -0.15) is 0 Å². The van der Waals surface area contributed by atoms with Gasteiger partial charge in [0.1, 0.15) is 0 Å². The van der Waals surface area contributed by atoms with Crippen molar-refractivity contribution in [3.05, 3.63) is 0 Å². The third-order valence-electron chi connectivity index (χ3n) is 5.55. The van der Waals surface area contributed by atoms with Gasteiger partial charge < -0.3 is 15.5 Å². The van der Waals surface area contributed by atoms with E-state index >= 15 is 0 Å². The van der Waals surface area contributed by atoms with E-state index in [0.29, 0.717) is 6.04 Å². The molecule has 0 spiro atoms. The molecule has 2 aliphatic heterocycles. The van der Waals surface area contributed by atoms with Crippen LogP contribution in [0.5, 0.6) is 0 Å². The van der Waals surface area contributed by atoms with E-state index in [9.17, 15) is 0 Å². The van der Waals surface area contributed by atoms with Crippen molar-refractivity contribution in [3.8, 4) is 0 Å². The van der Waals surface area contributed by atoms with E-state index < -0.39 is 0 Å². The summed E-state index contributed by atoms with van der Waals surface area (Å²) in [6.45, 7) is 10.0. The first kappa shape index (κ1) is 17.0. The van der Waals surface area contributed by atoms with Gasteiger partial charge in [0.25, 0.3) is 0 Å². The van der Waals surface area contributed by atoms with Crippen LogP contribution < -0.4 is 10.6 Å². The van der Waals surface area contributed by atoms with Crippen LogP contribution in [0.25, 0.3) is 0 Å². The highest BCUT2D eigenvalue weighted by molar-refractivity contribution is 5.80. The Morgan fingerprint density at radius 1 is 1.22 bits per heavy atom. The Hall–Kier alpha value is -0.810. The Balaban J connectivity index is 1.50. The van der Waals surface area contributed by atoms with E-state index in [1.165, 1.54) is 51.7 Å². The highest BCUT2D eigenvalue weighted by atomic mass is 15.3. The van der Waals surface area contributed by atoms with Crippen LogP contribution in [-0.4, -0.2) is 73.7 Å². The largest absolute Gasteiger partial charge is 0.357 e. The summed E-state index contributed by atoms with van der Waals surface area (Å²) in [5.74, 6) is 1.74. The van der Waals surface area contributed by atoms with Crippen LogP contribution in [0.15, 0.2) is 4.99 Å². The van der Waals surface area contributed by atoms with Gasteiger partial charge in [-0.15, -0.1) is 0 Å². The molecule has 0 radical (unpaired) electrons. The number of aliphatic imine (C=N–C) groups is 1. The molecule has 0 aromatic heterocycles. The maximum absolute atomic E-state index is 4.89. The average Bonchev–Trinajstić information content (AvgIpc) is 3.29. The SMILES string of the molecule is CCNC(=NCC1CCCN(C)C1)NC1CC(C)N(C2CC2)C1. The van der Waals surface area contributed by atoms with Gasteiger partial charge in [-0.1, -0.05) is 0 Å². The normalized spacial score (nSPS) is 33.9. The molecular formula is C18H35N5. The molecule has 2 heterocycles. The van der Waals surface area contributed by atoms with E-state index in [2.05, 4.69) is 41.3 Å². The standard InChI is InChI=1S/C18H35N5/c1-4-19-18(20-11-15-6-5-9-22(3)12-15)21-16-10-14(2)23(13-16)17-7-8-17/h14-17H,4-13H2,1-3H3,(H2,19,20,21). The Morgan fingerprint density at radius 3 is 2.74 bits per heavy atom. The minimum absolute atomic E-state index is 0.553. The summed E-state index contributed by atoms with van der Waals surface area (Å²) in [6, 6.07) is 2.14. The monoisotopic (exact) mass is 321 g/mol. The quantitative estimate of drug-likeness (QED) is 0.595. The zero-order valence-corrected chi connectivity index (χ0v) is 15.2. The van der Waals surface area contributed by atoms with Gasteiger partial charge in [-0.25, -0.2) is 0 Å². The maximum atomic E-state index is 4.89. The van der Waals surface area contributed by atoms with Crippen LogP contribution in [0.2, 0.25) is 0 Å². The summed E-state index contributed by atoms with van der Waals surface area (Å²) in [7, 11) is 2.23. The fraction of sp³-hybridized carbons (Fsp3) is 0.944. The Labute approximate surface area is 141 Å². The molecule has 5 heteroatoms. The van der Waals surface area contributed by atoms with E-state index in [0.717, 1.165) is 37.1 Å². The van der Waals surface area contributed by atoms with Crippen molar-refractivity contribution >= 4 is 5.96 Å². The number of rotatable bonds is 5. The van der Waals surface area contributed by atoms with Crippen molar-refractivity contribution in [2.24, 2.45) is 10.9 Å². The molecule has 1 saturated carbocycles. The summed E-state index contributed by atoms with van der Waals surface area (Å²) in [6.07, 6.45) is 6.69. The minimum Gasteiger partial charge on any atom is -0.357 e. The molecule has 1 aliphatic carbocycles. The highest BCUT2D eigenvalue weighted by Crippen LogP contribution is 2.33. The molecule has 0 amide bonds. The lowest BCUT2D eigenvalue weighted by Gasteiger charge is -2.29. The topological polar surface area (TPSA) is 42.9 Å². The van der Waals surface area contributed by atoms with Crippen molar-refractivity contribution in [2.75, 3.05) is 39.8 Å². The van der Waals surface area contributed by atoms with E-state index in [1.807, 2.05) is 0 Å². The second-order valence-electron chi connectivity index (χ2n) is 7.84. The fourth-order valence-electron chi connectivity index (χ4n) is 4.23. The molecule has 0 bridgehead atoms. The molecule has 3 rings (SSSR count). The second kappa shape index (κ2) is 7.84. The van der Waals surface area contributed by atoms with Crippen molar-refractivity contribution in [1.29, 1.82) is 0 Å². The van der Waals surface area contributed by atoms with Crippen molar-refractivity contribution < 1.29 is 0 Å². The van der Waals surface area contributed by atoms with Crippen LogP contribution in [0, 0.1) is 5.92 Å². The lowest BCUT2D eigenvalue weighted by Crippen LogP contribution is -2.45. The minimum atomic E-state index is 0.553. The molecule has 3 fully saturated rings. The van der Waals surface area contributed by atoms with Crippen LogP contribution in [-0.2, 0) is 0 Å². The lowest BCUT2D eigenvalue weighted by molar-refractivity contribution is 0.214. The zero-order valence-electron chi connectivity index (χ0n) is 15.2. The van der Waals surface area contributed by atoms with Gasteiger partial charge in [0, 0.05) is 44.3 Å². The number of nitrogens with one attached hydrogen (secondary N) is 2. The highest BCUT2D eigenvalue weighted by Gasteiger charge is 2.38. The molecule has 3 atom stereocenters. The molecule has 2 N–H and O–H groups in total. The summed E-state index contributed by atoms with van der Waals surface area (Å²) < 4.78 is 0. The average molecular weight is 322 g/mol. The molecule has 132 valence electrons. The van der Waals surface area contributed by atoms with Gasteiger partial charge in [0.05, 0.1) is 0 Å². The second-order valence-corrected chi connectivity index (χ2v) is 7.84. The van der Waals surface area contributed by atoms with Gasteiger partial charge >= 0.3 is 0 Å². The first-order valence-electron chi connectivity index (χ1n) is 9.64. The van der Waals surface area contributed by atoms with Gasteiger partial charge in [-0.3, -0.25) is 9.89 Å². The molecule has 0 aromatic rings. The van der Waals surface area contributed by atoms with Crippen LogP contribution in [0.4, 0.5) is 0 Å². The third-order valence-corrected chi connectivity index (χ3v) is 5.55. The van der Waals surface area contributed by atoms with Crippen LogP contribution in [0.1, 0.15) is 46.0 Å². The predicted octanol–water partition coefficient (Wildman–Crippen LogP) is 1.51. The number of likely N-dealkylation sites (tertiary alicyclic amines) is 2. The molecule has 2 saturated heterocycles. The molecular weight excluding hydrogens is 286 g/mol. The molecule has 0 aromatic carbocycles. The summed E-state index contributed by atoms with van der Waals surface area (Å²) in [4.78, 5) is 10.0. The summed E-state index contributed by atoms with van der Waals surface area (Å²) in [5.41, 5.74) is 0. The predicted molar refractivity (Wildman–Crippen MR) is 96.9 cm³/mol. The number of hydrogen-bond acceptors (Lipinski definition) is 3. The Morgan fingerprint density at radius 2 is 2.04 bits per heavy atom. The van der Waals surface area contributed by atoms with E-state index in [4.69, 9.17) is 4.99 Å². The van der Waals surface area contributed by atoms with E-state index in [-0.39, 0.29) is 0 Å². The summed E-state index contributed by atoms with van der Waals surface area (Å²) in [5, 5.41) is 7.14. The molecule has 23 heavy (non-hydrogen) atoms. The van der Waals surface area contributed by atoms with Crippen molar-refractivity contribution in [3.63, 3.8) is 0 Å². The third kappa shape index (κ3) is 4.83. The van der Waals surface area contributed by atoms with Gasteiger partial charge in [0.15, 0.2) is 5.96 Å². The summed E-state index contributed by atoms with van der Waals surface area (Å²) >= 11 is 0. The van der Waals surface area contributed by atoms with E-state index in [1.54, 1.807) is 0 Å². The maximum Gasteiger partial charge on any atom is 0.191 e. The van der Waals surface area contributed by atoms with Crippen molar-refractivity contribution in [1.82, 2.24) is 20.4 Å². The number of hydrogen-bond donors (Lipinski definition) is 2. The molecule has 3 aliphatic rings. The molecule has 3 unspecified atom stereocenters. The number of guanidine groups is 1. The number of nitrogens with zero attached hydrogens (tertiary/aromatic N) is 3. The van der Waals surface area contributed by atoms with Crippen molar-refractivity contribution in [2.45, 2.75) is 64.1 Å². The number of piperidine rings is 1. The van der Waals surface area contributed by atoms with Gasteiger partial charge in [-0.05, 0) is 65.5 Å². The smallest absolute Gasteiger partial charge is 0.191 e. The van der Waals surface area contributed by atoms with Crippen LogP contribution >= 0.6 is 0 Å². The van der Waals surface area contributed by atoms with Gasteiger partial charge in [0.2, 0.25) is 0 Å². The fourth-order valence-corrected chi connectivity index (χ4v) is 4.23. The zero-order chi connectivity index (χ0) is 16.2. The molecule has 5 nitrogen and oxygen atoms in total. The Bertz CT molecular complexity index is 406.